The van der Waals surface area contributed by atoms with E-state index in [0.717, 1.165) is 72.4 Å². The Labute approximate surface area is 363 Å². The molecule has 0 unspecified atom stereocenters. The summed E-state index contributed by atoms with van der Waals surface area (Å²) in [4.78, 5) is 10.3. The Morgan fingerprint density at radius 3 is 2.07 bits per heavy atom. The molecule has 0 amide bonds. The molecule has 0 spiro atoms. The molecule has 11 aromatic rings. The van der Waals surface area contributed by atoms with Gasteiger partial charge >= 0.3 is 0 Å². The molecule has 7 aromatic carbocycles. The van der Waals surface area contributed by atoms with Crippen molar-refractivity contribution in [2.24, 2.45) is 0 Å². The molecule has 4 heterocycles. The first-order chi connectivity index (χ1) is 28.8. The predicted molar refractivity (Wildman–Crippen MR) is 244 cm³/mol. The van der Waals surface area contributed by atoms with Crippen molar-refractivity contribution in [3.8, 4) is 56.3 Å². The number of pyridine rings is 1. The molecule has 0 saturated carbocycles. The topological polar surface area (TPSA) is 55.4 Å². The first kappa shape index (κ1) is 37.7. The minimum atomic E-state index is 0. The van der Waals surface area contributed by atoms with Gasteiger partial charge in [-0.25, -0.2) is 4.98 Å². The SMILES string of the molecule is CC(C)c1cc(-c2nc3c(-c4[c-]c(-c5cc(-c6ccccc6)ccn5)ccc4)cccc3n2-c2ccc3c4cccc5c6ccccc6n(c3c2)c54)c(O)c(C(C)C)c1.[Pt]. The molecule has 0 fully saturated rings. The van der Waals surface area contributed by atoms with Gasteiger partial charge in [-0.3, -0.25) is 9.55 Å². The molecule has 4 aromatic heterocycles. The zero-order valence-electron chi connectivity index (χ0n) is 33.7. The average molecular weight is 957 g/mol. The van der Waals surface area contributed by atoms with E-state index in [9.17, 15) is 5.11 Å². The number of hydrogen-bond acceptors (Lipinski definition) is 3. The normalized spacial score (nSPS) is 11.9. The quantitative estimate of drug-likeness (QED) is 0.162. The molecule has 0 aliphatic heterocycles. The Bertz CT molecular complexity index is 3410. The summed E-state index contributed by atoms with van der Waals surface area (Å²) in [5.41, 5.74) is 15.0. The van der Waals surface area contributed by atoms with E-state index < -0.39 is 0 Å². The third-order valence-corrected chi connectivity index (χ3v) is 12.1. The van der Waals surface area contributed by atoms with Crippen LogP contribution in [-0.4, -0.2) is 24.0 Å². The van der Waals surface area contributed by atoms with Gasteiger partial charge in [0.25, 0.3) is 0 Å². The van der Waals surface area contributed by atoms with Gasteiger partial charge in [0.15, 0.2) is 0 Å². The number of nitrogens with zero attached hydrogens (tertiary/aromatic N) is 4. The smallest absolute Gasteiger partial charge is 0.148 e. The summed E-state index contributed by atoms with van der Waals surface area (Å²) < 4.78 is 4.65. The maximum atomic E-state index is 12.2. The molecule has 0 atom stereocenters. The summed E-state index contributed by atoms with van der Waals surface area (Å²) >= 11 is 0. The van der Waals surface area contributed by atoms with Crippen LogP contribution in [0.25, 0.3) is 99.7 Å². The second kappa shape index (κ2) is 14.6. The summed E-state index contributed by atoms with van der Waals surface area (Å²) in [6.45, 7) is 8.68. The zero-order chi connectivity index (χ0) is 39.9. The molecular formula is C54H41N4OPt-. The molecule has 60 heavy (non-hydrogen) atoms. The molecule has 0 aliphatic rings. The van der Waals surface area contributed by atoms with Gasteiger partial charge in [-0.15, -0.1) is 29.8 Å². The standard InChI is InChI=1S/C54H41N4O.Pt/c1-32(2)38-28-45(33(3)4)53(59)46(29-38)54-56-51-40(36-15-10-16-37(27-36)47-30-35(25-26-55-47)34-13-6-5-7-14-34)18-12-22-49(51)57(54)39-23-24-42-44-20-11-19-43-41-17-8-9-21-48(41)58(52(43)44)50(42)31-39;/h5-26,28-33,59H,1-4H3;/q-1;. The van der Waals surface area contributed by atoms with Crippen LogP contribution in [0.5, 0.6) is 5.75 Å². The fourth-order valence-electron chi connectivity index (χ4n) is 9.10. The molecule has 0 aliphatic carbocycles. The number of hydrogen-bond donors (Lipinski definition) is 1. The van der Waals surface area contributed by atoms with Crippen molar-refractivity contribution in [2.75, 3.05) is 0 Å². The van der Waals surface area contributed by atoms with Crippen molar-refractivity contribution in [1.82, 2.24) is 18.9 Å². The van der Waals surface area contributed by atoms with Gasteiger partial charge in [0, 0.05) is 60.2 Å². The van der Waals surface area contributed by atoms with Crippen LogP contribution in [0.2, 0.25) is 0 Å². The third kappa shape index (κ3) is 5.86. The van der Waals surface area contributed by atoms with Crippen molar-refractivity contribution < 1.29 is 26.2 Å². The van der Waals surface area contributed by atoms with Crippen LogP contribution in [-0.2, 0) is 21.1 Å². The number of aromatic hydroxyl groups is 1. The van der Waals surface area contributed by atoms with Crippen molar-refractivity contribution in [2.45, 2.75) is 39.5 Å². The molecule has 294 valence electrons. The minimum Gasteiger partial charge on any atom is -0.507 e. The molecule has 11 rings (SSSR count). The fraction of sp³-hybridized carbons (Fsp3) is 0.111. The van der Waals surface area contributed by atoms with Gasteiger partial charge in [0.1, 0.15) is 11.6 Å². The number of phenolic OH excluding ortho intramolecular Hbond substituents is 1. The second-order valence-electron chi connectivity index (χ2n) is 16.3. The maximum Gasteiger partial charge on any atom is 0.148 e. The first-order valence-electron chi connectivity index (χ1n) is 20.4. The molecule has 0 radical (unpaired) electrons. The number of rotatable bonds is 7. The average Bonchev–Trinajstić information content (AvgIpc) is 3.94. The number of imidazole rings is 1. The van der Waals surface area contributed by atoms with Crippen molar-refractivity contribution in [1.29, 1.82) is 0 Å². The van der Waals surface area contributed by atoms with Crippen LogP contribution in [0.1, 0.15) is 50.7 Å². The number of phenols is 1. The van der Waals surface area contributed by atoms with Crippen LogP contribution in [0, 0.1) is 6.07 Å². The van der Waals surface area contributed by atoms with Crippen molar-refractivity contribution in [3.63, 3.8) is 0 Å². The van der Waals surface area contributed by atoms with Gasteiger partial charge in [-0.05, 0) is 70.5 Å². The van der Waals surface area contributed by atoms with E-state index in [1.807, 2.05) is 18.3 Å². The zero-order valence-corrected chi connectivity index (χ0v) is 36.0. The molecule has 5 nitrogen and oxygen atoms in total. The van der Waals surface area contributed by atoms with Crippen LogP contribution >= 0.6 is 0 Å². The second-order valence-corrected chi connectivity index (χ2v) is 16.3. The molecule has 0 bridgehead atoms. The fourth-order valence-corrected chi connectivity index (χ4v) is 9.10. The summed E-state index contributed by atoms with van der Waals surface area (Å²) in [6.07, 6.45) is 1.87. The van der Waals surface area contributed by atoms with E-state index in [0.29, 0.717) is 5.82 Å². The van der Waals surface area contributed by atoms with Gasteiger partial charge < -0.3 is 9.51 Å². The van der Waals surface area contributed by atoms with E-state index in [1.165, 1.54) is 32.6 Å². The Morgan fingerprint density at radius 2 is 1.27 bits per heavy atom. The molecular weight excluding hydrogens is 916 g/mol. The van der Waals surface area contributed by atoms with Gasteiger partial charge in [0.05, 0.1) is 33.1 Å². The number of fused-ring (bicyclic) bond motifs is 7. The minimum absolute atomic E-state index is 0. The van der Waals surface area contributed by atoms with Crippen LogP contribution in [0.4, 0.5) is 0 Å². The third-order valence-electron chi connectivity index (χ3n) is 12.1. The largest absolute Gasteiger partial charge is 0.507 e. The monoisotopic (exact) mass is 956 g/mol. The summed E-state index contributed by atoms with van der Waals surface area (Å²) in [5.74, 6) is 1.34. The van der Waals surface area contributed by atoms with E-state index in [2.05, 4.69) is 182 Å². The van der Waals surface area contributed by atoms with E-state index in [1.54, 1.807) is 0 Å². The van der Waals surface area contributed by atoms with Crippen LogP contribution in [0.3, 0.4) is 0 Å². The Morgan fingerprint density at radius 1 is 0.567 bits per heavy atom. The first-order valence-corrected chi connectivity index (χ1v) is 20.4. The predicted octanol–water partition coefficient (Wildman–Crippen LogP) is 14.0. The molecule has 6 heteroatoms. The van der Waals surface area contributed by atoms with E-state index in [4.69, 9.17) is 9.97 Å². The van der Waals surface area contributed by atoms with Crippen LogP contribution < -0.4 is 0 Å². The number of para-hydroxylation sites is 3. The van der Waals surface area contributed by atoms with E-state index in [-0.39, 0.29) is 38.7 Å². The molecule has 1 N–H and O–H groups in total. The summed E-state index contributed by atoms with van der Waals surface area (Å²) in [7, 11) is 0. The Kier molecular flexibility index (Phi) is 9.19. The molecule has 0 saturated heterocycles. The van der Waals surface area contributed by atoms with Crippen LogP contribution in [0.15, 0.2) is 158 Å². The van der Waals surface area contributed by atoms with Gasteiger partial charge in [-0.1, -0.05) is 136 Å². The Hall–Kier alpha value is -6.55. The van der Waals surface area contributed by atoms with E-state index >= 15 is 0 Å². The Balaban J connectivity index is 0.00000433. The number of benzene rings is 7. The number of aromatic nitrogens is 4. The maximum absolute atomic E-state index is 12.2. The summed E-state index contributed by atoms with van der Waals surface area (Å²) in [6, 6.07) is 57.2. The van der Waals surface area contributed by atoms with Crippen molar-refractivity contribution >= 4 is 49.1 Å². The summed E-state index contributed by atoms with van der Waals surface area (Å²) in [5, 5.41) is 17.1. The van der Waals surface area contributed by atoms with Gasteiger partial charge in [-0.2, -0.15) is 0 Å². The van der Waals surface area contributed by atoms with Crippen molar-refractivity contribution in [3.05, 3.63) is 175 Å². The van der Waals surface area contributed by atoms with Gasteiger partial charge in [0.2, 0.25) is 0 Å².